The minimum atomic E-state index is -1.00. The molecule has 2 heterocycles. The number of nitrogen functional groups attached to an aromatic ring is 1. The van der Waals surface area contributed by atoms with Crippen LogP contribution < -0.4 is 5.84 Å². The average molecular weight is 257 g/mol. The average Bonchev–Trinajstić information content (AvgIpc) is 2.83. The molecule has 0 saturated heterocycles. The van der Waals surface area contributed by atoms with Crippen LogP contribution in [0, 0.1) is 0 Å². The van der Waals surface area contributed by atoms with E-state index in [4.69, 9.17) is 10.9 Å². The molecule has 0 fully saturated rings. The summed E-state index contributed by atoms with van der Waals surface area (Å²) in [6, 6.07) is 7.81. The number of rotatable bonds is 1. The lowest BCUT2D eigenvalue weighted by atomic mass is 10.3. The lowest BCUT2D eigenvalue weighted by Crippen LogP contribution is -2.08. The fourth-order valence-electron chi connectivity index (χ4n) is 1.40. The summed E-state index contributed by atoms with van der Waals surface area (Å²) < 4.78 is 0. The first kappa shape index (κ1) is 12.5. The first-order valence-electron chi connectivity index (χ1n) is 5.34. The quantitative estimate of drug-likeness (QED) is 0.628. The van der Waals surface area contributed by atoms with Gasteiger partial charge in [-0.15, -0.1) is 0 Å². The topological polar surface area (TPSA) is 107 Å². The number of carbonyl (C=O) groups is 1. The van der Waals surface area contributed by atoms with Gasteiger partial charge in [-0.1, -0.05) is 18.2 Å². The number of nitrogens with zero attached hydrogens (tertiary/aromatic N) is 4. The lowest BCUT2D eigenvalue weighted by molar-refractivity contribution is 0.0696. The number of hydrogen-bond acceptors (Lipinski definition) is 5. The Kier molecular flexibility index (Phi) is 3.67. The van der Waals surface area contributed by atoms with Crippen LogP contribution >= 0.6 is 0 Å². The Bertz CT molecular complexity index is 681. The normalized spacial score (nSPS) is 9.68. The Morgan fingerprint density at radius 3 is 2.42 bits per heavy atom. The second-order valence-corrected chi connectivity index (χ2v) is 3.58. The van der Waals surface area contributed by atoms with Gasteiger partial charge in [-0.05, 0) is 6.07 Å². The van der Waals surface area contributed by atoms with Crippen molar-refractivity contribution in [2.45, 2.75) is 0 Å². The van der Waals surface area contributed by atoms with Gasteiger partial charge in [0.25, 0.3) is 0 Å². The van der Waals surface area contributed by atoms with Crippen LogP contribution in [0.1, 0.15) is 10.4 Å². The molecule has 0 saturated carbocycles. The second-order valence-electron chi connectivity index (χ2n) is 3.58. The van der Waals surface area contributed by atoms with Crippen LogP contribution in [-0.4, -0.2) is 30.9 Å². The summed E-state index contributed by atoms with van der Waals surface area (Å²) >= 11 is 0. The van der Waals surface area contributed by atoms with Gasteiger partial charge in [0.2, 0.25) is 0 Å². The van der Waals surface area contributed by atoms with E-state index < -0.39 is 5.97 Å². The maximum atomic E-state index is 10.1. The van der Waals surface area contributed by atoms with Crippen molar-refractivity contribution in [3.05, 3.63) is 54.7 Å². The minimum absolute atomic E-state index is 0.109. The van der Waals surface area contributed by atoms with E-state index >= 15 is 0 Å². The van der Waals surface area contributed by atoms with E-state index in [1.54, 1.807) is 6.20 Å². The van der Waals surface area contributed by atoms with E-state index in [-0.39, 0.29) is 5.56 Å². The number of nitrogens with two attached hydrogens (primary N) is 1. The first-order valence-corrected chi connectivity index (χ1v) is 5.34. The molecule has 0 atom stereocenters. The number of aromatic nitrogens is 4. The lowest BCUT2D eigenvalue weighted by Gasteiger charge is -1.90. The van der Waals surface area contributed by atoms with Crippen LogP contribution in [0.25, 0.3) is 10.9 Å². The molecule has 0 unspecified atom stereocenters. The predicted molar refractivity (Wildman–Crippen MR) is 68.9 cm³/mol. The fraction of sp³-hybridized carbons (Fsp3) is 0. The molecule has 0 radical (unpaired) electrons. The largest absolute Gasteiger partial charge is 0.478 e. The number of benzene rings is 1. The summed E-state index contributed by atoms with van der Waals surface area (Å²) in [5.74, 6) is 4.48. The molecule has 96 valence electrons. The number of para-hydroxylation sites is 1. The van der Waals surface area contributed by atoms with Crippen molar-refractivity contribution in [2.24, 2.45) is 0 Å². The zero-order chi connectivity index (χ0) is 13.7. The summed E-state index contributed by atoms with van der Waals surface area (Å²) in [5, 5.41) is 13.3. The number of hydrogen-bond donors (Lipinski definition) is 2. The maximum absolute atomic E-state index is 10.1. The molecule has 0 aliphatic rings. The molecule has 1 aromatic carbocycles. The molecular formula is C12H11N5O2. The Morgan fingerprint density at radius 1 is 1.16 bits per heavy atom. The van der Waals surface area contributed by atoms with Crippen molar-refractivity contribution in [2.75, 3.05) is 5.84 Å². The molecule has 0 bridgehead atoms. The summed E-state index contributed by atoms with van der Waals surface area (Å²) in [6.07, 6.45) is 5.52. The molecular weight excluding hydrogens is 246 g/mol. The van der Waals surface area contributed by atoms with E-state index in [0.717, 1.165) is 10.9 Å². The second kappa shape index (κ2) is 5.58. The predicted octanol–water partition coefficient (Wildman–Crippen LogP) is 0.925. The van der Waals surface area contributed by atoms with Crippen LogP contribution in [0.3, 0.4) is 0 Å². The van der Waals surface area contributed by atoms with E-state index in [1.165, 1.54) is 23.5 Å². The van der Waals surface area contributed by atoms with Gasteiger partial charge in [0.1, 0.15) is 6.33 Å². The Morgan fingerprint density at radius 2 is 1.84 bits per heavy atom. The van der Waals surface area contributed by atoms with Crippen molar-refractivity contribution in [3.8, 4) is 0 Å². The van der Waals surface area contributed by atoms with Crippen molar-refractivity contribution in [1.29, 1.82) is 0 Å². The number of fused-ring (bicyclic) bond motifs is 1. The Balaban J connectivity index is 0.000000141. The van der Waals surface area contributed by atoms with Gasteiger partial charge in [-0.2, -0.15) is 9.89 Å². The monoisotopic (exact) mass is 257 g/mol. The highest BCUT2D eigenvalue weighted by Crippen LogP contribution is 2.09. The maximum Gasteiger partial charge on any atom is 0.338 e. The number of carboxylic acids is 1. The highest BCUT2D eigenvalue weighted by atomic mass is 16.4. The van der Waals surface area contributed by atoms with Gasteiger partial charge >= 0.3 is 5.97 Å². The Labute approximate surface area is 108 Å². The van der Waals surface area contributed by atoms with E-state index in [9.17, 15) is 4.79 Å². The molecule has 7 nitrogen and oxygen atoms in total. The first-order chi connectivity index (χ1) is 9.18. The van der Waals surface area contributed by atoms with Gasteiger partial charge in [0, 0.05) is 17.8 Å². The molecule has 3 rings (SSSR count). The summed E-state index contributed by atoms with van der Waals surface area (Å²) in [7, 11) is 0. The summed E-state index contributed by atoms with van der Waals surface area (Å²) in [5.41, 5.74) is 1.07. The van der Waals surface area contributed by atoms with E-state index in [1.807, 2.05) is 24.3 Å². The van der Waals surface area contributed by atoms with Crippen molar-refractivity contribution < 1.29 is 9.90 Å². The number of aromatic carboxylic acids is 1. The Hall–Kier alpha value is -2.96. The van der Waals surface area contributed by atoms with E-state index in [0.29, 0.717) is 0 Å². The molecule has 0 spiro atoms. The molecule has 7 heteroatoms. The smallest absolute Gasteiger partial charge is 0.338 e. The van der Waals surface area contributed by atoms with Crippen molar-refractivity contribution in [1.82, 2.24) is 19.9 Å². The zero-order valence-electron chi connectivity index (χ0n) is 9.84. The standard InChI is InChI=1S/C7H7N3.C5H4N2O2/c8-10-7-4-2-1-3-6(7)5-9-10;8-5(9)4-1-6-3-7-2-4/h1-5H,8H2;1-3H,(H,8,9). The fourth-order valence-corrected chi connectivity index (χ4v) is 1.40. The third-order valence-electron chi connectivity index (χ3n) is 2.31. The highest BCUT2D eigenvalue weighted by Gasteiger charge is 1.98. The molecule has 0 aliphatic heterocycles. The SMILES string of the molecule is Nn1ncc2ccccc21.O=C(O)c1cncnc1. The van der Waals surface area contributed by atoms with Crippen LogP contribution in [0.15, 0.2) is 49.2 Å². The summed E-state index contributed by atoms with van der Waals surface area (Å²) in [6.45, 7) is 0. The molecule has 2 aromatic heterocycles. The van der Waals surface area contributed by atoms with Gasteiger partial charge in [0.15, 0.2) is 0 Å². The molecule has 3 aromatic rings. The third-order valence-corrected chi connectivity index (χ3v) is 2.31. The molecule has 0 amide bonds. The van der Waals surface area contributed by atoms with Crippen molar-refractivity contribution >= 4 is 16.9 Å². The molecule has 3 N–H and O–H groups in total. The minimum Gasteiger partial charge on any atom is -0.478 e. The van der Waals surface area contributed by atoms with Gasteiger partial charge in [-0.3, -0.25) is 0 Å². The molecule has 19 heavy (non-hydrogen) atoms. The third kappa shape index (κ3) is 3.03. The van der Waals surface area contributed by atoms with Crippen LogP contribution in [0.2, 0.25) is 0 Å². The van der Waals surface area contributed by atoms with Crippen LogP contribution in [-0.2, 0) is 0 Å². The van der Waals surface area contributed by atoms with Gasteiger partial charge < -0.3 is 10.9 Å². The summed E-state index contributed by atoms with van der Waals surface area (Å²) in [4.78, 5) is 18.5. The number of carboxylic acid groups (broad SMARTS) is 1. The van der Waals surface area contributed by atoms with Gasteiger partial charge in [-0.25, -0.2) is 14.8 Å². The van der Waals surface area contributed by atoms with Crippen LogP contribution in [0.5, 0.6) is 0 Å². The van der Waals surface area contributed by atoms with E-state index in [2.05, 4.69) is 15.1 Å². The molecule has 0 aliphatic carbocycles. The van der Waals surface area contributed by atoms with Crippen LogP contribution in [0.4, 0.5) is 0 Å². The highest BCUT2D eigenvalue weighted by molar-refractivity contribution is 5.86. The van der Waals surface area contributed by atoms with Crippen molar-refractivity contribution in [3.63, 3.8) is 0 Å². The zero-order valence-corrected chi connectivity index (χ0v) is 9.84. The van der Waals surface area contributed by atoms with Gasteiger partial charge in [0.05, 0.1) is 17.3 Å².